The van der Waals surface area contributed by atoms with Crippen molar-refractivity contribution >= 4 is 0 Å². The van der Waals surface area contributed by atoms with Crippen molar-refractivity contribution in [3.8, 4) is 5.75 Å². The Morgan fingerprint density at radius 3 is 2.85 bits per heavy atom. The maximum Gasteiger partial charge on any atom is 0.127 e. The third-order valence-electron chi connectivity index (χ3n) is 1.47. The molecule has 0 radical (unpaired) electrons. The van der Waals surface area contributed by atoms with Crippen molar-refractivity contribution < 1.29 is 14.3 Å². The van der Waals surface area contributed by atoms with E-state index in [-0.39, 0.29) is 5.75 Å². The number of benzene rings is 1. The van der Waals surface area contributed by atoms with E-state index in [4.69, 9.17) is 9.94 Å². The summed E-state index contributed by atoms with van der Waals surface area (Å²) >= 11 is 0. The molecule has 0 saturated carbocycles. The van der Waals surface area contributed by atoms with Crippen LogP contribution in [-0.2, 0) is 11.4 Å². The first-order valence-electron chi connectivity index (χ1n) is 4.05. The number of hydroxylamine groups is 1. The van der Waals surface area contributed by atoms with Gasteiger partial charge in [-0.05, 0) is 24.6 Å². The van der Waals surface area contributed by atoms with Gasteiger partial charge in [0.25, 0.3) is 0 Å². The Morgan fingerprint density at radius 2 is 2.23 bits per heavy atom. The first-order valence-corrected chi connectivity index (χ1v) is 4.05. The molecule has 0 unspecified atom stereocenters. The van der Waals surface area contributed by atoms with E-state index in [0.29, 0.717) is 18.7 Å². The molecule has 0 aliphatic rings. The summed E-state index contributed by atoms with van der Waals surface area (Å²) in [5.74, 6) is -0.526. The van der Waals surface area contributed by atoms with Gasteiger partial charge in [0.1, 0.15) is 11.6 Å². The molecule has 4 heteroatoms. The van der Waals surface area contributed by atoms with Crippen molar-refractivity contribution in [1.82, 2.24) is 5.48 Å². The molecule has 3 nitrogen and oxygen atoms in total. The van der Waals surface area contributed by atoms with E-state index in [1.54, 1.807) is 0 Å². The third-order valence-corrected chi connectivity index (χ3v) is 1.47. The Bertz CT molecular complexity index is 258. The number of rotatable bonds is 4. The van der Waals surface area contributed by atoms with Crippen LogP contribution in [0.25, 0.3) is 0 Å². The van der Waals surface area contributed by atoms with E-state index >= 15 is 0 Å². The minimum atomic E-state index is -0.451. The van der Waals surface area contributed by atoms with Gasteiger partial charge in [-0.2, -0.15) is 5.48 Å². The molecule has 0 saturated heterocycles. The summed E-state index contributed by atoms with van der Waals surface area (Å²) in [6, 6.07) is 3.88. The highest BCUT2D eigenvalue weighted by Crippen LogP contribution is 2.14. The first-order chi connectivity index (χ1) is 6.22. The summed E-state index contributed by atoms with van der Waals surface area (Å²) in [4.78, 5) is 4.86. The van der Waals surface area contributed by atoms with Gasteiger partial charge < -0.3 is 9.94 Å². The molecule has 0 spiro atoms. The highest BCUT2D eigenvalue weighted by atomic mass is 19.1. The minimum Gasteiger partial charge on any atom is -0.508 e. The fourth-order valence-electron chi connectivity index (χ4n) is 0.972. The topological polar surface area (TPSA) is 41.5 Å². The lowest BCUT2D eigenvalue weighted by atomic mass is 10.2. The van der Waals surface area contributed by atoms with E-state index in [2.05, 4.69) is 5.48 Å². The highest BCUT2D eigenvalue weighted by molar-refractivity contribution is 5.28. The average molecular weight is 185 g/mol. The van der Waals surface area contributed by atoms with Gasteiger partial charge in [-0.15, -0.1) is 0 Å². The molecule has 2 N–H and O–H groups in total. The number of nitrogens with one attached hydrogen (secondary N) is 1. The van der Waals surface area contributed by atoms with E-state index in [1.807, 2.05) is 6.92 Å². The molecule has 1 rings (SSSR count). The van der Waals surface area contributed by atoms with E-state index in [0.717, 1.165) is 6.07 Å². The largest absolute Gasteiger partial charge is 0.508 e. The fraction of sp³-hybridized carbons (Fsp3) is 0.333. The molecule has 13 heavy (non-hydrogen) atoms. The second-order valence-electron chi connectivity index (χ2n) is 2.57. The van der Waals surface area contributed by atoms with Crippen LogP contribution in [0.4, 0.5) is 4.39 Å². The van der Waals surface area contributed by atoms with Gasteiger partial charge in [0.05, 0.1) is 6.61 Å². The van der Waals surface area contributed by atoms with Crippen molar-refractivity contribution in [2.45, 2.75) is 13.5 Å². The summed E-state index contributed by atoms with van der Waals surface area (Å²) < 4.78 is 12.7. The van der Waals surface area contributed by atoms with Crippen LogP contribution >= 0.6 is 0 Å². The van der Waals surface area contributed by atoms with Crippen LogP contribution in [0.3, 0.4) is 0 Å². The quantitative estimate of drug-likeness (QED) is 0.552. The van der Waals surface area contributed by atoms with Gasteiger partial charge in [0, 0.05) is 12.6 Å². The van der Waals surface area contributed by atoms with E-state index < -0.39 is 5.82 Å². The second kappa shape index (κ2) is 4.79. The van der Waals surface area contributed by atoms with Gasteiger partial charge in [0.2, 0.25) is 0 Å². The Kier molecular flexibility index (Phi) is 3.67. The maximum absolute atomic E-state index is 12.7. The molecule has 0 amide bonds. The van der Waals surface area contributed by atoms with Crippen LogP contribution in [0.1, 0.15) is 12.5 Å². The lowest BCUT2D eigenvalue weighted by Gasteiger charge is -2.04. The number of aromatic hydroxyl groups is 1. The zero-order valence-electron chi connectivity index (χ0n) is 7.38. The van der Waals surface area contributed by atoms with Crippen LogP contribution < -0.4 is 5.48 Å². The number of hydrogen-bond donors (Lipinski definition) is 2. The molecule has 0 heterocycles. The van der Waals surface area contributed by atoms with Crippen LogP contribution in [0.5, 0.6) is 5.75 Å². The number of phenolic OH excluding ortho intramolecular Hbond substituents is 1. The SMILES string of the molecule is CCONCc1cc(O)cc(F)c1. The van der Waals surface area contributed by atoms with Crippen molar-refractivity contribution in [3.63, 3.8) is 0 Å². The number of phenols is 1. The molecule has 0 aliphatic heterocycles. The molecule has 0 aromatic heterocycles. The predicted octanol–water partition coefficient (Wildman–Crippen LogP) is 1.57. The normalized spacial score (nSPS) is 10.3. The van der Waals surface area contributed by atoms with Gasteiger partial charge in [-0.1, -0.05) is 0 Å². The second-order valence-corrected chi connectivity index (χ2v) is 2.57. The first kappa shape index (κ1) is 9.95. The number of halogens is 1. The molecule has 1 aromatic carbocycles. The van der Waals surface area contributed by atoms with Crippen molar-refractivity contribution in [2.75, 3.05) is 6.61 Å². The van der Waals surface area contributed by atoms with Gasteiger partial charge >= 0.3 is 0 Å². The predicted molar refractivity (Wildman–Crippen MR) is 46.5 cm³/mol. The lowest BCUT2D eigenvalue weighted by Crippen LogP contribution is -2.13. The van der Waals surface area contributed by atoms with Crippen LogP contribution in [0.15, 0.2) is 18.2 Å². The van der Waals surface area contributed by atoms with Crippen LogP contribution in [0.2, 0.25) is 0 Å². The van der Waals surface area contributed by atoms with Crippen LogP contribution in [0, 0.1) is 5.82 Å². The third kappa shape index (κ3) is 3.40. The maximum atomic E-state index is 12.7. The fourth-order valence-corrected chi connectivity index (χ4v) is 0.972. The Hall–Kier alpha value is -1.13. The molecular formula is C9H12FNO2. The zero-order valence-corrected chi connectivity index (χ0v) is 7.38. The number of hydrogen-bond acceptors (Lipinski definition) is 3. The monoisotopic (exact) mass is 185 g/mol. The smallest absolute Gasteiger partial charge is 0.127 e. The molecule has 0 bridgehead atoms. The lowest BCUT2D eigenvalue weighted by molar-refractivity contribution is 0.0462. The molecule has 0 aliphatic carbocycles. The van der Waals surface area contributed by atoms with E-state index in [1.165, 1.54) is 12.1 Å². The zero-order chi connectivity index (χ0) is 9.68. The Morgan fingerprint density at radius 1 is 1.46 bits per heavy atom. The Labute approximate surface area is 76.1 Å². The van der Waals surface area contributed by atoms with Crippen molar-refractivity contribution in [2.24, 2.45) is 0 Å². The molecule has 72 valence electrons. The average Bonchev–Trinajstić information content (AvgIpc) is 2.03. The van der Waals surface area contributed by atoms with Gasteiger partial charge in [-0.3, -0.25) is 0 Å². The minimum absolute atomic E-state index is 0.0756. The van der Waals surface area contributed by atoms with Crippen molar-refractivity contribution in [1.29, 1.82) is 0 Å². The summed E-state index contributed by atoms with van der Waals surface area (Å²) in [5, 5.41) is 9.04. The van der Waals surface area contributed by atoms with E-state index in [9.17, 15) is 4.39 Å². The van der Waals surface area contributed by atoms with Gasteiger partial charge in [-0.25, -0.2) is 4.39 Å². The van der Waals surface area contributed by atoms with Crippen LogP contribution in [-0.4, -0.2) is 11.7 Å². The Balaban J connectivity index is 2.56. The summed E-state index contributed by atoms with van der Waals surface area (Å²) in [6.07, 6.45) is 0. The molecule has 0 fully saturated rings. The summed E-state index contributed by atoms with van der Waals surface area (Å²) in [5.41, 5.74) is 3.27. The van der Waals surface area contributed by atoms with Crippen molar-refractivity contribution in [3.05, 3.63) is 29.6 Å². The summed E-state index contributed by atoms with van der Waals surface area (Å²) in [6.45, 7) is 2.76. The standard InChI is InChI=1S/C9H12FNO2/c1-2-13-11-6-7-3-8(10)5-9(12)4-7/h3-5,11-12H,2,6H2,1H3. The summed E-state index contributed by atoms with van der Waals surface area (Å²) in [7, 11) is 0. The highest BCUT2D eigenvalue weighted by Gasteiger charge is 1.98. The van der Waals surface area contributed by atoms with Gasteiger partial charge in [0.15, 0.2) is 0 Å². The molecular weight excluding hydrogens is 173 g/mol. The molecule has 0 atom stereocenters. The molecule has 1 aromatic rings.